The van der Waals surface area contributed by atoms with Crippen LogP contribution >= 0.6 is 46.9 Å². The number of hydrogen-bond donors (Lipinski definition) is 1. The molecule has 1 fully saturated rings. The van der Waals surface area contributed by atoms with Gasteiger partial charge in [-0.2, -0.15) is 0 Å². The van der Waals surface area contributed by atoms with E-state index in [0.717, 1.165) is 62.7 Å². The third-order valence-electron chi connectivity index (χ3n) is 3.72. The standard InChI is InChI=1S/C16H26ClN3O2S.HI/c1-18-16(20(2)10-14-4-5-15(17)23-14)19-7-3-8-21-11-13-6-9-22-12-13;/h4-5,13H,3,6-12H2,1-2H3,(H,18,19);1H. The summed E-state index contributed by atoms with van der Waals surface area (Å²) in [5, 5.41) is 3.37. The fraction of sp³-hybridized carbons (Fsp3) is 0.688. The predicted octanol–water partition coefficient (Wildman–Crippen LogP) is 3.47. The van der Waals surface area contributed by atoms with Gasteiger partial charge in [-0.15, -0.1) is 35.3 Å². The van der Waals surface area contributed by atoms with Gasteiger partial charge in [0.15, 0.2) is 5.96 Å². The summed E-state index contributed by atoms with van der Waals surface area (Å²) in [6, 6.07) is 3.98. The van der Waals surface area contributed by atoms with E-state index in [-0.39, 0.29) is 24.0 Å². The van der Waals surface area contributed by atoms with Crippen LogP contribution in [0.1, 0.15) is 17.7 Å². The quantitative estimate of drug-likeness (QED) is 0.264. The molecule has 0 aliphatic carbocycles. The first kappa shape index (κ1) is 22.0. The second-order valence-electron chi connectivity index (χ2n) is 5.69. The van der Waals surface area contributed by atoms with Crippen molar-refractivity contribution < 1.29 is 9.47 Å². The zero-order valence-electron chi connectivity index (χ0n) is 14.3. The Balaban J connectivity index is 0.00000288. The van der Waals surface area contributed by atoms with Gasteiger partial charge in [0.1, 0.15) is 0 Å². The number of halogens is 2. The average Bonchev–Trinajstić information content (AvgIpc) is 3.18. The highest BCUT2D eigenvalue weighted by Crippen LogP contribution is 2.22. The number of rotatable bonds is 8. The minimum Gasteiger partial charge on any atom is -0.381 e. The smallest absolute Gasteiger partial charge is 0.193 e. The molecule has 1 atom stereocenters. The molecule has 1 aliphatic heterocycles. The summed E-state index contributed by atoms with van der Waals surface area (Å²) in [5.74, 6) is 1.47. The van der Waals surface area contributed by atoms with Crippen molar-refractivity contribution in [3.05, 3.63) is 21.3 Å². The summed E-state index contributed by atoms with van der Waals surface area (Å²) in [4.78, 5) is 7.64. The second-order valence-corrected chi connectivity index (χ2v) is 7.49. The van der Waals surface area contributed by atoms with Gasteiger partial charge in [0.05, 0.1) is 24.1 Å². The number of ether oxygens (including phenoxy) is 2. The molecule has 1 aromatic rings. The second kappa shape index (κ2) is 12.3. The van der Waals surface area contributed by atoms with E-state index in [1.165, 1.54) is 4.88 Å². The largest absolute Gasteiger partial charge is 0.381 e. The summed E-state index contributed by atoms with van der Waals surface area (Å²) in [6.07, 6.45) is 2.09. The Bertz CT molecular complexity index is 495. The maximum Gasteiger partial charge on any atom is 0.193 e. The Morgan fingerprint density at radius 1 is 1.54 bits per heavy atom. The van der Waals surface area contributed by atoms with E-state index in [4.69, 9.17) is 21.1 Å². The van der Waals surface area contributed by atoms with Gasteiger partial charge in [-0.3, -0.25) is 4.99 Å². The molecule has 2 rings (SSSR count). The average molecular weight is 488 g/mol. The number of nitrogens with zero attached hydrogens (tertiary/aromatic N) is 2. The minimum absolute atomic E-state index is 0. The van der Waals surface area contributed by atoms with Gasteiger partial charge in [0, 0.05) is 44.6 Å². The molecule has 1 aliphatic rings. The molecule has 1 aromatic heterocycles. The van der Waals surface area contributed by atoms with E-state index in [9.17, 15) is 0 Å². The van der Waals surface area contributed by atoms with Crippen LogP contribution in [0.25, 0.3) is 0 Å². The molecular formula is C16H27ClIN3O2S. The minimum atomic E-state index is 0. The van der Waals surface area contributed by atoms with Crippen LogP contribution in [0.3, 0.4) is 0 Å². The van der Waals surface area contributed by atoms with Crippen LogP contribution in [0.4, 0.5) is 0 Å². The van der Waals surface area contributed by atoms with Crippen molar-refractivity contribution in [1.82, 2.24) is 10.2 Å². The molecular weight excluding hydrogens is 461 g/mol. The van der Waals surface area contributed by atoms with Gasteiger partial charge >= 0.3 is 0 Å². The van der Waals surface area contributed by atoms with Gasteiger partial charge in [0.2, 0.25) is 0 Å². The van der Waals surface area contributed by atoms with E-state index in [1.807, 2.05) is 13.1 Å². The summed E-state index contributed by atoms with van der Waals surface area (Å²) in [6.45, 7) is 4.97. The third kappa shape index (κ3) is 7.86. The van der Waals surface area contributed by atoms with Crippen molar-refractivity contribution in [2.24, 2.45) is 10.9 Å². The highest BCUT2D eigenvalue weighted by Gasteiger charge is 2.15. The third-order valence-corrected chi connectivity index (χ3v) is 4.94. The van der Waals surface area contributed by atoms with Crippen molar-refractivity contribution in [3.63, 3.8) is 0 Å². The highest BCUT2D eigenvalue weighted by molar-refractivity contribution is 14.0. The monoisotopic (exact) mass is 487 g/mol. The Kier molecular flexibility index (Phi) is 11.2. The molecule has 8 heteroatoms. The lowest BCUT2D eigenvalue weighted by atomic mass is 10.1. The summed E-state index contributed by atoms with van der Waals surface area (Å²) >= 11 is 7.57. The van der Waals surface area contributed by atoms with Crippen molar-refractivity contribution in [1.29, 1.82) is 0 Å². The van der Waals surface area contributed by atoms with E-state index in [2.05, 4.69) is 21.3 Å². The molecule has 0 spiro atoms. The van der Waals surface area contributed by atoms with Gasteiger partial charge in [-0.05, 0) is 25.0 Å². The number of guanidine groups is 1. The maximum atomic E-state index is 5.97. The fourth-order valence-corrected chi connectivity index (χ4v) is 3.61. The zero-order chi connectivity index (χ0) is 16.5. The van der Waals surface area contributed by atoms with Crippen LogP contribution in [-0.2, 0) is 16.0 Å². The van der Waals surface area contributed by atoms with Crippen molar-refractivity contribution >= 4 is 52.9 Å². The predicted molar refractivity (Wildman–Crippen MR) is 112 cm³/mol. The SMILES string of the molecule is CN=C(NCCCOCC1CCOC1)N(C)Cc1ccc(Cl)s1.I. The first-order valence-electron chi connectivity index (χ1n) is 8.00. The van der Waals surface area contributed by atoms with E-state index in [1.54, 1.807) is 18.4 Å². The van der Waals surface area contributed by atoms with Crippen molar-refractivity contribution in [3.8, 4) is 0 Å². The summed E-state index contributed by atoms with van der Waals surface area (Å²) < 4.78 is 11.9. The van der Waals surface area contributed by atoms with Gasteiger partial charge < -0.3 is 19.7 Å². The molecule has 138 valence electrons. The number of thiophene rings is 1. The van der Waals surface area contributed by atoms with Crippen LogP contribution in [-0.4, -0.2) is 57.9 Å². The highest BCUT2D eigenvalue weighted by atomic mass is 127. The first-order chi connectivity index (χ1) is 11.2. The van der Waals surface area contributed by atoms with Crippen molar-refractivity contribution in [2.45, 2.75) is 19.4 Å². The molecule has 5 nitrogen and oxygen atoms in total. The number of aliphatic imine (C=N–C) groups is 1. The molecule has 0 radical (unpaired) electrons. The van der Waals surface area contributed by atoms with Gasteiger partial charge in [-0.25, -0.2) is 0 Å². The Labute approximate surface area is 170 Å². The summed E-state index contributed by atoms with van der Waals surface area (Å²) in [5.41, 5.74) is 0. The van der Waals surface area contributed by atoms with Crippen LogP contribution in [0.15, 0.2) is 17.1 Å². The molecule has 2 heterocycles. The van der Waals surface area contributed by atoms with Crippen LogP contribution in [0.5, 0.6) is 0 Å². The van der Waals surface area contributed by atoms with Crippen LogP contribution < -0.4 is 5.32 Å². The van der Waals surface area contributed by atoms with Gasteiger partial charge in [-0.1, -0.05) is 11.6 Å². The van der Waals surface area contributed by atoms with E-state index < -0.39 is 0 Å². The van der Waals surface area contributed by atoms with Crippen LogP contribution in [0, 0.1) is 5.92 Å². The molecule has 0 bridgehead atoms. The molecule has 1 unspecified atom stereocenters. The molecule has 1 saturated heterocycles. The Morgan fingerprint density at radius 3 is 3.00 bits per heavy atom. The van der Waals surface area contributed by atoms with E-state index in [0.29, 0.717) is 5.92 Å². The lowest BCUT2D eigenvalue weighted by molar-refractivity contribution is 0.0887. The maximum absolute atomic E-state index is 5.97. The fourth-order valence-electron chi connectivity index (χ4n) is 2.47. The lowest BCUT2D eigenvalue weighted by Crippen LogP contribution is -2.39. The van der Waals surface area contributed by atoms with E-state index >= 15 is 0 Å². The van der Waals surface area contributed by atoms with Crippen LogP contribution in [0.2, 0.25) is 4.34 Å². The number of nitrogens with one attached hydrogen (secondary N) is 1. The van der Waals surface area contributed by atoms with Crippen molar-refractivity contribution in [2.75, 3.05) is 47.1 Å². The lowest BCUT2D eigenvalue weighted by Gasteiger charge is -2.21. The Morgan fingerprint density at radius 2 is 2.38 bits per heavy atom. The Hall–Kier alpha value is -0.0900. The molecule has 1 N–H and O–H groups in total. The number of hydrogen-bond acceptors (Lipinski definition) is 4. The molecule has 24 heavy (non-hydrogen) atoms. The molecule has 0 aromatic carbocycles. The van der Waals surface area contributed by atoms with Gasteiger partial charge in [0.25, 0.3) is 0 Å². The summed E-state index contributed by atoms with van der Waals surface area (Å²) in [7, 11) is 3.83. The zero-order valence-corrected chi connectivity index (χ0v) is 18.2. The topological polar surface area (TPSA) is 46.1 Å². The molecule has 0 saturated carbocycles. The first-order valence-corrected chi connectivity index (χ1v) is 9.20. The normalized spacial score (nSPS) is 17.6. The molecule has 0 amide bonds.